The van der Waals surface area contributed by atoms with Crippen LogP contribution in [0.1, 0.15) is 12.5 Å². The van der Waals surface area contributed by atoms with Crippen molar-refractivity contribution >= 4 is 5.91 Å². The molecule has 112 valence electrons. The third kappa shape index (κ3) is 6.52. The number of alkyl halides is 3. The maximum Gasteiger partial charge on any atom is 0.416 e. The van der Waals surface area contributed by atoms with Gasteiger partial charge >= 0.3 is 6.18 Å². The number of halogens is 3. The summed E-state index contributed by atoms with van der Waals surface area (Å²) in [5.41, 5.74) is -0.772. The summed E-state index contributed by atoms with van der Waals surface area (Å²) in [6, 6.07) is 4.57. The van der Waals surface area contributed by atoms with E-state index in [0.717, 1.165) is 12.1 Å². The number of hydrogen-bond donors (Lipinski definition) is 1. The Morgan fingerprint density at radius 1 is 1.38 bits per heavy atom. The van der Waals surface area contributed by atoms with Crippen LogP contribution in [0.5, 0.6) is 5.75 Å². The molecule has 0 aliphatic heterocycles. The molecule has 0 bridgehead atoms. The van der Waals surface area contributed by atoms with Crippen molar-refractivity contribution in [3.63, 3.8) is 0 Å². The van der Waals surface area contributed by atoms with Crippen LogP contribution in [0.4, 0.5) is 13.2 Å². The topological polar surface area (TPSA) is 38.3 Å². The Morgan fingerprint density at radius 3 is 2.81 bits per heavy atom. The van der Waals surface area contributed by atoms with E-state index in [1.165, 1.54) is 18.2 Å². The second-order valence-corrected chi connectivity index (χ2v) is 3.89. The van der Waals surface area contributed by atoms with E-state index in [4.69, 9.17) is 4.74 Å². The van der Waals surface area contributed by atoms with Gasteiger partial charge in [-0.3, -0.25) is 4.79 Å². The highest BCUT2D eigenvalue weighted by Crippen LogP contribution is 2.31. The monoisotopic (exact) mass is 297 g/mol. The van der Waals surface area contributed by atoms with Crippen molar-refractivity contribution in [1.29, 1.82) is 0 Å². The van der Waals surface area contributed by atoms with Gasteiger partial charge in [0.15, 0.2) is 0 Å². The van der Waals surface area contributed by atoms with E-state index in [-0.39, 0.29) is 24.8 Å². The molecule has 0 fully saturated rings. The van der Waals surface area contributed by atoms with Crippen LogP contribution in [0, 0.1) is 11.8 Å². The van der Waals surface area contributed by atoms with Crippen LogP contribution in [-0.4, -0.2) is 19.1 Å². The summed E-state index contributed by atoms with van der Waals surface area (Å²) in [5, 5.41) is 2.51. The average molecular weight is 297 g/mol. The van der Waals surface area contributed by atoms with Gasteiger partial charge in [-0.15, -0.1) is 0 Å². The molecule has 0 saturated heterocycles. The molecule has 3 nitrogen and oxygen atoms in total. The number of benzene rings is 1. The van der Waals surface area contributed by atoms with Crippen LogP contribution in [0.25, 0.3) is 0 Å². The van der Waals surface area contributed by atoms with Gasteiger partial charge in [-0.2, -0.15) is 13.2 Å². The summed E-state index contributed by atoms with van der Waals surface area (Å²) in [6.45, 7) is 1.81. The smallest absolute Gasteiger partial charge is 0.416 e. The first-order valence-corrected chi connectivity index (χ1v) is 6.10. The Bertz CT molecular complexity index is 568. The Hall–Kier alpha value is -2.42. The van der Waals surface area contributed by atoms with Gasteiger partial charge in [-0.05, 0) is 31.2 Å². The summed E-state index contributed by atoms with van der Waals surface area (Å²) in [5.74, 6) is 5.06. The highest BCUT2D eigenvalue weighted by molar-refractivity contribution is 5.87. The number of ether oxygens (including phenoxy) is 1. The predicted molar refractivity (Wildman–Crippen MR) is 72.5 cm³/mol. The SMILES string of the molecule is C/C=C/C(=O)NCC#CCOc1cccc(C(F)(F)F)c1. The lowest BCUT2D eigenvalue weighted by Crippen LogP contribution is -2.21. The molecule has 0 aliphatic rings. The number of allylic oxidation sites excluding steroid dienone is 1. The fourth-order valence-electron chi connectivity index (χ4n) is 1.34. The van der Waals surface area contributed by atoms with Crippen molar-refractivity contribution in [2.45, 2.75) is 13.1 Å². The maximum atomic E-state index is 12.5. The summed E-state index contributed by atoms with van der Waals surface area (Å²) in [7, 11) is 0. The first-order chi connectivity index (χ1) is 9.93. The number of nitrogens with one attached hydrogen (secondary N) is 1. The Kier molecular flexibility index (Phi) is 6.34. The van der Waals surface area contributed by atoms with Crippen LogP contribution >= 0.6 is 0 Å². The number of hydrogen-bond acceptors (Lipinski definition) is 2. The summed E-state index contributed by atoms with van der Waals surface area (Å²) >= 11 is 0. The van der Waals surface area contributed by atoms with E-state index in [1.54, 1.807) is 13.0 Å². The minimum Gasteiger partial charge on any atom is -0.481 e. The molecule has 0 unspecified atom stereocenters. The Morgan fingerprint density at radius 2 is 2.14 bits per heavy atom. The number of carbonyl (C=O) groups is 1. The Labute approximate surface area is 120 Å². The molecule has 6 heteroatoms. The van der Waals surface area contributed by atoms with Crippen LogP contribution in [0.3, 0.4) is 0 Å². The van der Waals surface area contributed by atoms with Crippen LogP contribution in [-0.2, 0) is 11.0 Å². The van der Waals surface area contributed by atoms with Gasteiger partial charge in [0.1, 0.15) is 12.4 Å². The average Bonchev–Trinajstić information content (AvgIpc) is 2.42. The summed E-state index contributed by atoms with van der Waals surface area (Å²) in [4.78, 5) is 11.0. The van der Waals surface area contributed by atoms with Gasteiger partial charge in [-0.25, -0.2) is 0 Å². The molecular formula is C15H14F3NO2. The van der Waals surface area contributed by atoms with Crippen molar-refractivity contribution in [3.8, 4) is 17.6 Å². The molecule has 0 atom stereocenters. The highest BCUT2D eigenvalue weighted by Gasteiger charge is 2.30. The normalized spacial score (nSPS) is 10.9. The molecule has 1 amide bonds. The van der Waals surface area contributed by atoms with Crippen molar-refractivity contribution in [2.24, 2.45) is 0 Å². The molecule has 0 aromatic heterocycles. The van der Waals surface area contributed by atoms with Gasteiger partial charge in [-0.1, -0.05) is 24.0 Å². The zero-order chi connectivity index (χ0) is 15.7. The fraction of sp³-hybridized carbons (Fsp3) is 0.267. The molecule has 1 aromatic carbocycles. The van der Waals surface area contributed by atoms with Gasteiger partial charge in [0.25, 0.3) is 0 Å². The number of carbonyl (C=O) groups excluding carboxylic acids is 1. The summed E-state index contributed by atoms with van der Waals surface area (Å²) in [6.07, 6.45) is -1.44. The number of amides is 1. The van der Waals surface area contributed by atoms with Crippen molar-refractivity contribution in [3.05, 3.63) is 42.0 Å². The molecule has 0 spiro atoms. The lowest BCUT2D eigenvalue weighted by molar-refractivity contribution is -0.137. The van der Waals surface area contributed by atoms with E-state index in [0.29, 0.717) is 0 Å². The highest BCUT2D eigenvalue weighted by atomic mass is 19.4. The van der Waals surface area contributed by atoms with Crippen LogP contribution < -0.4 is 10.1 Å². The standard InChI is InChI=1S/C15H14F3NO2/c1-2-6-14(20)19-9-3-4-10-21-13-8-5-7-12(11-13)15(16,17)18/h2,5-8,11H,9-10H2,1H3,(H,19,20)/b6-2+. The molecule has 0 heterocycles. The first kappa shape index (κ1) is 16.6. The van der Waals surface area contributed by atoms with Crippen LogP contribution in [0.15, 0.2) is 36.4 Å². The maximum absolute atomic E-state index is 12.5. The molecule has 1 N–H and O–H groups in total. The molecule has 0 saturated carbocycles. The summed E-state index contributed by atoms with van der Waals surface area (Å²) < 4.78 is 42.5. The third-order valence-electron chi connectivity index (χ3n) is 2.27. The van der Waals surface area contributed by atoms with Gasteiger partial charge < -0.3 is 10.1 Å². The minimum absolute atomic E-state index is 0.0548. The predicted octanol–water partition coefficient (Wildman–Crippen LogP) is 2.78. The number of rotatable bonds is 4. The van der Waals surface area contributed by atoms with Crippen molar-refractivity contribution in [1.82, 2.24) is 5.32 Å². The fourth-order valence-corrected chi connectivity index (χ4v) is 1.34. The molecule has 21 heavy (non-hydrogen) atoms. The largest absolute Gasteiger partial charge is 0.481 e. The molecule has 0 aliphatic carbocycles. The van der Waals surface area contributed by atoms with Gasteiger partial charge in [0.2, 0.25) is 5.91 Å². The van der Waals surface area contributed by atoms with Crippen LogP contribution in [0.2, 0.25) is 0 Å². The van der Waals surface area contributed by atoms with E-state index in [9.17, 15) is 18.0 Å². The van der Waals surface area contributed by atoms with Crippen molar-refractivity contribution < 1.29 is 22.7 Å². The van der Waals surface area contributed by atoms with Crippen molar-refractivity contribution in [2.75, 3.05) is 13.2 Å². The van der Waals surface area contributed by atoms with Gasteiger partial charge in [0.05, 0.1) is 12.1 Å². The molecule has 0 radical (unpaired) electrons. The van der Waals surface area contributed by atoms with E-state index in [2.05, 4.69) is 17.2 Å². The second-order valence-electron chi connectivity index (χ2n) is 3.89. The van der Waals surface area contributed by atoms with E-state index >= 15 is 0 Å². The quantitative estimate of drug-likeness (QED) is 0.685. The molecule has 1 aromatic rings. The molecular weight excluding hydrogens is 283 g/mol. The second kappa shape index (κ2) is 8.00. The van der Waals surface area contributed by atoms with E-state index in [1.807, 2.05) is 0 Å². The first-order valence-electron chi connectivity index (χ1n) is 6.10. The minimum atomic E-state index is -4.40. The lowest BCUT2D eigenvalue weighted by Gasteiger charge is -2.08. The zero-order valence-electron chi connectivity index (χ0n) is 11.3. The lowest BCUT2D eigenvalue weighted by atomic mass is 10.2. The Balaban J connectivity index is 2.42. The van der Waals surface area contributed by atoms with E-state index < -0.39 is 11.7 Å². The van der Waals surface area contributed by atoms with Gasteiger partial charge in [0, 0.05) is 0 Å². The zero-order valence-corrected chi connectivity index (χ0v) is 11.3. The third-order valence-corrected chi connectivity index (χ3v) is 2.27. The molecule has 1 rings (SSSR count).